The lowest BCUT2D eigenvalue weighted by Gasteiger charge is -2.43. The normalized spacial score (nSPS) is 16.6. The number of methoxy groups -OCH3 is 1. The van der Waals surface area contributed by atoms with Crippen LogP contribution in [0.2, 0.25) is 65.0 Å². The van der Waals surface area contributed by atoms with Crippen LogP contribution in [0.1, 0.15) is 118 Å². The topological polar surface area (TPSA) is 102 Å². The van der Waals surface area contributed by atoms with E-state index in [1.165, 1.54) is 0 Å². The van der Waals surface area contributed by atoms with E-state index < -0.39 is 44.6 Å². The first-order chi connectivity index (χ1) is 20.7. The largest absolute Gasteiger partial charge is 0.501 e. The molecule has 1 aliphatic heterocycles. The van der Waals surface area contributed by atoms with Crippen molar-refractivity contribution < 1.29 is 40.9 Å². The van der Waals surface area contributed by atoms with Crippen LogP contribution < -0.4 is 0 Å². The molecule has 0 spiro atoms. The summed E-state index contributed by atoms with van der Waals surface area (Å²) in [7, 11) is -7.37. The van der Waals surface area contributed by atoms with Crippen molar-refractivity contribution in [3.8, 4) is 0 Å². The predicted molar refractivity (Wildman–Crippen MR) is 235 cm³/mol. The van der Waals surface area contributed by atoms with Gasteiger partial charge in [-0.15, -0.1) is 0 Å². The zero-order valence-electron chi connectivity index (χ0n) is 32.0. The van der Waals surface area contributed by atoms with Crippen molar-refractivity contribution in [3.63, 3.8) is 0 Å². The van der Waals surface area contributed by atoms with E-state index in [2.05, 4.69) is 79.3 Å². The van der Waals surface area contributed by atoms with E-state index in [4.69, 9.17) is 31.3 Å². The van der Waals surface area contributed by atoms with E-state index in [1.807, 2.05) is 20.8 Å². The zero-order valence-corrected chi connectivity index (χ0v) is 36.0. The molecule has 0 saturated carbocycles. The summed E-state index contributed by atoms with van der Waals surface area (Å²) >= 11 is 0. The Morgan fingerprint density at radius 3 is 1.44 bits per heavy atom. The molecule has 1 fully saturated rings. The lowest BCUT2D eigenvalue weighted by molar-refractivity contribution is -0.161. The second-order valence-electron chi connectivity index (χ2n) is 17.1. The third-order valence-corrected chi connectivity index (χ3v) is 20.4. The van der Waals surface area contributed by atoms with E-state index in [0.29, 0.717) is 56.9 Å². The molecule has 3 unspecified atom stereocenters. The van der Waals surface area contributed by atoms with Crippen LogP contribution in [0.25, 0.3) is 0 Å². The van der Waals surface area contributed by atoms with Crippen molar-refractivity contribution in [1.82, 2.24) is 0 Å². The molecule has 0 aliphatic carbocycles. The molecule has 0 N–H and O–H groups in total. The second-order valence-corrected chi connectivity index (χ2v) is 34.1. The van der Waals surface area contributed by atoms with Crippen molar-refractivity contribution in [3.05, 3.63) is 12.3 Å². The molecule has 1 saturated heterocycles. The minimum Gasteiger partial charge on any atom is -0.501 e. The molecule has 1 rings (SSSR count). The Labute approximate surface area is 329 Å². The first-order valence-electron chi connectivity index (χ1n) is 17.0. The summed E-state index contributed by atoms with van der Waals surface area (Å²) < 4.78 is 42.7. The molecule has 1 aliphatic rings. The highest BCUT2D eigenvalue weighted by molar-refractivity contribution is 6.90. The molecule has 0 aromatic rings. The van der Waals surface area contributed by atoms with Crippen LogP contribution in [0.4, 0.5) is 0 Å². The predicted octanol–water partition coefficient (Wildman–Crippen LogP) is 12.3. The summed E-state index contributed by atoms with van der Waals surface area (Å²) in [6, 6.07) is 0.610. The molecule has 1 heterocycles. The highest BCUT2D eigenvalue weighted by Gasteiger charge is 2.50. The van der Waals surface area contributed by atoms with Crippen molar-refractivity contribution in [2.45, 2.75) is 189 Å². The minimum atomic E-state index is -3.01. The Morgan fingerprint density at radius 2 is 1.08 bits per heavy atom. The van der Waals surface area contributed by atoms with E-state index in [9.17, 15) is 9.59 Å². The monoisotopic (exact) mass is 817 g/mol. The number of carbonyl (C=O) groups is 2. The second kappa shape index (κ2) is 24.6. The number of allylic oxidation sites excluding steroid dienone is 1. The molecule has 13 heteroatoms. The van der Waals surface area contributed by atoms with Gasteiger partial charge in [-0.2, -0.15) is 0 Å². The van der Waals surface area contributed by atoms with Crippen molar-refractivity contribution in [2.24, 2.45) is 16.2 Å². The van der Waals surface area contributed by atoms with Crippen molar-refractivity contribution in [2.75, 3.05) is 26.9 Å². The van der Waals surface area contributed by atoms with Gasteiger partial charge in [0.05, 0.1) is 36.9 Å². The van der Waals surface area contributed by atoms with Crippen LogP contribution in [0.3, 0.4) is 0 Å². The molecule has 0 aromatic carbocycles. The Bertz CT molecular complexity index is 974. The molecule has 9 nitrogen and oxygen atoms in total. The first kappa shape index (κ1) is 63.1. The van der Waals surface area contributed by atoms with Gasteiger partial charge in [0.2, 0.25) is 0 Å². The van der Waals surface area contributed by atoms with E-state index in [0.717, 1.165) is 0 Å². The van der Waals surface area contributed by atoms with Gasteiger partial charge in [0.15, 0.2) is 25.0 Å². The van der Waals surface area contributed by atoms with Gasteiger partial charge in [0.1, 0.15) is 12.7 Å². The number of epoxide rings is 1. The fourth-order valence-electron chi connectivity index (χ4n) is 5.06. The van der Waals surface area contributed by atoms with Crippen LogP contribution in [-0.2, 0) is 40.9 Å². The Hall–Kier alpha value is -0.812. The maximum absolute atomic E-state index is 13.6. The molecule has 0 amide bonds. The fraction of sp³-hybridized carbons (Fsp3) is 0.897. The number of rotatable bonds is 23. The molecular formula is C39H92O9Si4. The lowest BCUT2D eigenvalue weighted by Crippen LogP contribution is -2.60. The average molecular weight is 818 g/mol. The summed E-state index contributed by atoms with van der Waals surface area (Å²) in [5, 5.41) is 0. The SMILES string of the molecule is C.C.C.C.C.C.C=C(OC)C(C)(C)CCC(C)(CCC(C)(CC)C(=O)OCCC[Si](O[Si](C)(C)C)(O[Si](C)(C)C)O[Si](C)(C)C)C(=O)OCC1CO1. The van der Waals surface area contributed by atoms with Gasteiger partial charge in [0.25, 0.3) is 0 Å². The Balaban J connectivity index is -0.000000882. The zero-order chi connectivity index (χ0) is 35.8. The summed E-state index contributed by atoms with van der Waals surface area (Å²) in [6.45, 7) is 34.7. The molecule has 0 bridgehead atoms. The van der Waals surface area contributed by atoms with Crippen LogP contribution >= 0.6 is 0 Å². The van der Waals surface area contributed by atoms with Gasteiger partial charge in [-0.1, -0.05) is 71.9 Å². The standard InChI is InChI=1S/C33H68O9Si4.6CH4/c1-17-32(5,21-22-33(6,30(35)39-26-28-25-38-28)20-19-31(3,4)27(2)36-7)29(34)37-23-18-24-46(40-43(8,9)10,41-44(11,12)13)42-45(14,15)16;;;;;;/h28H,2,17-26H2,1,3-16H3;6*1H4. The molecule has 3 atom stereocenters. The van der Waals surface area contributed by atoms with Gasteiger partial charge >= 0.3 is 20.7 Å². The maximum atomic E-state index is 13.6. The van der Waals surface area contributed by atoms with Crippen molar-refractivity contribution in [1.29, 1.82) is 0 Å². The molecular weight excluding hydrogens is 725 g/mol. The van der Waals surface area contributed by atoms with Gasteiger partial charge in [-0.05, 0) is 111 Å². The Morgan fingerprint density at radius 1 is 0.692 bits per heavy atom. The number of carbonyl (C=O) groups excluding carboxylic acids is 2. The van der Waals surface area contributed by atoms with Crippen LogP contribution in [-0.4, -0.2) is 78.7 Å². The molecule has 0 radical (unpaired) electrons. The van der Waals surface area contributed by atoms with Gasteiger partial charge < -0.3 is 31.3 Å². The van der Waals surface area contributed by atoms with Gasteiger partial charge in [0, 0.05) is 11.5 Å². The quantitative estimate of drug-likeness (QED) is 0.0328. The van der Waals surface area contributed by atoms with Gasteiger partial charge in [-0.25, -0.2) is 0 Å². The van der Waals surface area contributed by atoms with E-state index in [-0.39, 0.29) is 81.2 Å². The first-order valence-corrected chi connectivity index (χ1v) is 29.2. The fourth-order valence-corrected chi connectivity index (χ4v) is 19.7. The summed E-state index contributed by atoms with van der Waals surface area (Å²) in [6.07, 6.45) is 3.41. The Kier molecular flexibility index (Phi) is 29.9. The smallest absolute Gasteiger partial charge is 0.469 e. The minimum absolute atomic E-state index is 0. The number of hydrogen-bond acceptors (Lipinski definition) is 9. The summed E-state index contributed by atoms with van der Waals surface area (Å²) in [5.41, 5.74) is -1.86. The van der Waals surface area contributed by atoms with Crippen molar-refractivity contribution >= 4 is 45.7 Å². The van der Waals surface area contributed by atoms with Crippen LogP contribution in [0, 0.1) is 16.2 Å². The molecule has 52 heavy (non-hydrogen) atoms. The van der Waals surface area contributed by atoms with Crippen LogP contribution in [0.5, 0.6) is 0 Å². The highest BCUT2D eigenvalue weighted by atomic mass is 28.5. The molecule has 318 valence electrons. The third kappa shape index (κ3) is 23.2. The van der Waals surface area contributed by atoms with Gasteiger partial charge in [-0.3, -0.25) is 9.59 Å². The molecule has 0 aromatic heterocycles. The number of esters is 2. The van der Waals surface area contributed by atoms with E-state index in [1.54, 1.807) is 7.11 Å². The van der Waals surface area contributed by atoms with E-state index >= 15 is 0 Å². The summed E-state index contributed by atoms with van der Waals surface area (Å²) in [4.78, 5) is 27.1. The van der Waals surface area contributed by atoms with Crippen LogP contribution in [0.15, 0.2) is 12.3 Å². The lowest BCUT2D eigenvalue weighted by atomic mass is 9.71. The number of ether oxygens (including phenoxy) is 4. The third-order valence-electron chi connectivity index (χ3n) is 8.35. The number of hydrogen-bond donors (Lipinski definition) is 0. The average Bonchev–Trinajstić information content (AvgIpc) is 3.72. The maximum Gasteiger partial charge on any atom is 0.469 e. The summed E-state index contributed by atoms with van der Waals surface area (Å²) in [5.74, 6) is 0.160. The highest BCUT2D eigenvalue weighted by Crippen LogP contribution is 2.42.